The third-order valence-corrected chi connectivity index (χ3v) is 4.22. The average Bonchev–Trinajstić information content (AvgIpc) is 2.38. The summed E-state index contributed by atoms with van der Waals surface area (Å²) in [6, 6.07) is 3.81. The second kappa shape index (κ2) is 5.91. The normalized spacial score (nSPS) is 22.6. The molecular formula is C14H15BrFNO3. The lowest BCUT2D eigenvalue weighted by molar-refractivity contribution is -0.144. The summed E-state index contributed by atoms with van der Waals surface area (Å²) in [4.78, 5) is 25.0. The number of amides is 1. The number of hydrogen-bond acceptors (Lipinski definition) is 2. The zero-order chi connectivity index (χ0) is 14.9. The van der Waals surface area contributed by atoms with Gasteiger partial charge in [0.05, 0.1) is 11.5 Å². The molecule has 0 aliphatic carbocycles. The van der Waals surface area contributed by atoms with Gasteiger partial charge in [-0.3, -0.25) is 9.59 Å². The fourth-order valence-electron chi connectivity index (χ4n) is 2.58. The molecule has 1 aliphatic heterocycles. The zero-order valence-electron chi connectivity index (χ0n) is 11.0. The molecule has 2 rings (SSSR count). The van der Waals surface area contributed by atoms with Crippen molar-refractivity contribution in [1.82, 2.24) is 4.90 Å². The molecule has 6 heteroatoms. The summed E-state index contributed by atoms with van der Waals surface area (Å²) >= 11 is 3.14. The summed E-state index contributed by atoms with van der Waals surface area (Å²) in [5, 5.41) is 9.15. The van der Waals surface area contributed by atoms with Crippen LogP contribution in [0.5, 0.6) is 0 Å². The van der Waals surface area contributed by atoms with Crippen LogP contribution in [-0.4, -0.2) is 34.5 Å². The Morgan fingerprint density at radius 2 is 2.15 bits per heavy atom. The average molecular weight is 344 g/mol. The zero-order valence-corrected chi connectivity index (χ0v) is 12.6. The number of carboxylic acid groups (broad SMARTS) is 1. The van der Waals surface area contributed by atoms with Gasteiger partial charge in [0.2, 0.25) is 0 Å². The van der Waals surface area contributed by atoms with Crippen LogP contribution in [0.3, 0.4) is 0 Å². The molecule has 1 aromatic carbocycles. The van der Waals surface area contributed by atoms with Crippen molar-refractivity contribution < 1.29 is 19.1 Å². The van der Waals surface area contributed by atoms with Gasteiger partial charge in [-0.2, -0.15) is 0 Å². The standard InChI is InChI=1S/C14H15BrFNO3/c1-8-10(14(19)20)3-2-6-17(8)13(18)11-5-4-9(15)7-12(11)16/h4-5,7-8,10H,2-3,6H2,1H3,(H,19,20)/t8-,10-/m1/s1. The first-order valence-corrected chi connectivity index (χ1v) is 7.20. The largest absolute Gasteiger partial charge is 0.481 e. The topological polar surface area (TPSA) is 57.6 Å². The monoisotopic (exact) mass is 343 g/mol. The second-order valence-corrected chi connectivity index (χ2v) is 5.87. The highest BCUT2D eigenvalue weighted by molar-refractivity contribution is 9.10. The molecule has 2 atom stereocenters. The minimum atomic E-state index is -0.911. The van der Waals surface area contributed by atoms with Crippen molar-refractivity contribution >= 4 is 27.8 Å². The van der Waals surface area contributed by atoms with E-state index >= 15 is 0 Å². The summed E-state index contributed by atoms with van der Waals surface area (Å²) in [5.74, 6) is -2.56. The molecule has 20 heavy (non-hydrogen) atoms. The minimum absolute atomic E-state index is 0.0221. The summed E-state index contributed by atoms with van der Waals surface area (Å²) in [5.41, 5.74) is -0.0221. The number of piperidine rings is 1. The fraction of sp³-hybridized carbons (Fsp3) is 0.429. The quantitative estimate of drug-likeness (QED) is 0.898. The van der Waals surface area contributed by atoms with Crippen LogP contribution in [0, 0.1) is 11.7 Å². The maximum absolute atomic E-state index is 13.8. The molecule has 0 saturated carbocycles. The highest BCUT2D eigenvalue weighted by atomic mass is 79.9. The molecule has 0 bridgehead atoms. The second-order valence-electron chi connectivity index (χ2n) is 4.95. The summed E-state index contributed by atoms with van der Waals surface area (Å²) in [6.07, 6.45) is 1.16. The van der Waals surface area contributed by atoms with Crippen molar-refractivity contribution in [3.8, 4) is 0 Å². The Morgan fingerprint density at radius 1 is 1.45 bits per heavy atom. The van der Waals surface area contributed by atoms with Crippen LogP contribution >= 0.6 is 15.9 Å². The molecule has 1 N–H and O–H groups in total. The predicted molar refractivity (Wildman–Crippen MR) is 75.0 cm³/mol. The van der Waals surface area contributed by atoms with Gasteiger partial charge < -0.3 is 10.0 Å². The van der Waals surface area contributed by atoms with Crippen molar-refractivity contribution in [1.29, 1.82) is 0 Å². The Hall–Kier alpha value is -1.43. The fourth-order valence-corrected chi connectivity index (χ4v) is 2.91. The minimum Gasteiger partial charge on any atom is -0.481 e. The maximum atomic E-state index is 13.8. The summed E-state index contributed by atoms with van der Waals surface area (Å²) in [6.45, 7) is 2.16. The number of benzene rings is 1. The van der Waals surface area contributed by atoms with Crippen molar-refractivity contribution in [3.63, 3.8) is 0 Å². The number of rotatable bonds is 2. The van der Waals surface area contributed by atoms with Gasteiger partial charge in [0.15, 0.2) is 0 Å². The Bertz CT molecular complexity index is 549. The number of aliphatic carboxylic acids is 1. The van der Waals surface area contributed by atoms with Gasteiger partial charge in [-0.25, -0.2) is 4.39 Å². The number of carboxylic acids is 1. The predicted octanol–water partition coefficient (Wildman–Crippen LogP) is 2.91. The van der Waals surface area contributed by atoms with Crippen LogP contribution in [0.4, 0.5) is 4.39 Å². The van der Waals surface area contributed by atoms with Crippen LogP contribution < -0.4 is 0 Å². The van der Waals surface area contributed by atoms with Crippen molar-refractivity contribution in [2.45, 2.75) is 25.8 Å². The Kier molecular flexibility index (Phi) is 4.42. The van der Waals surface area contributed by atoms with E-state index in [4.69, 9.17) is 5.11 Å². The molecule has 1 aromatic rings. The summed E-state index contributed by atoms with van der Waals surface area (Å²) < 4.78 is 14.4. The summed E-state index contributed by atoms with van der Waals surface area (Å²) in [7, 11) is 0. The number of nitrogens with zero attached hydrogens (tertiary/aromatic N) is 1. The molecule has 1 saturated heterocycles. The van der Waals surface area contributed by atoms with E-state index in [1.54, 1.807) is 13.0 Å². The van der Waals surface area contributed by atoms with E-state index in [-0.39, 0.29) is 5.56 Å². The number of hydrogen-bond donors (Lipinski definition) is 1. The Labute approximate surface area is 124 Å². The van der Waals surface area contributed by atoms with Gasteiger partial charge in [0.25, 0.3) is 5.91 Å². The van der Waals surface area contributed by atoms with Gasteiger partial charge >= 0.3 is 5.97 Å². The molecular weight excluding hydrogens is 329 g/mol. The van der Waals surface area contributed by atoms with Crippen LogP contribution in [0.2, 0.25) is 0 Å². The van der Waals surface area contributed by atoms with Crippen LogP contribution in [0.1, 0.15) is 30.1 Å². The van der Waals surface area contributed by atoms with Gasteiger partial charge in [0.1, 0.15) is 5.82 Å². The van der Waals surface area contributed by atoms with E-state index in [1.165, 1.54) is 17.0 Å². The Balaban J connectivity index is 2.26. The molecule has 108 valence electrons. The number of carbonyl (C=O) groups excluding carboxylic acids is 1. The molecule has 0 unspecified atom stereocenters. The van der Waals surface area contributed by atoms with Crippen LogP contribution in [0.15, 0.2) is 22.7 Å². The first kappa shape index (κ1) is 15.0. The Morgan fingerprint density at radius 3 is 2.75 bits per heavy atom. The van der Waals surface area contributed by atoms with E-state index < -0.39 is 29.7 Å². The van der Waals surface area contributed by atoms with E-state index in [1.807, 2.05) is 0 Å². The van der Waals surface area contributed by atoms with Crippen LogP contribution in [0.25, 0.3) is 0 Å². The number of halogens is 2. The number of likely N-dealkylation sites (tertiary alicyclic amines) is 1. The lowest BCUT2D eigenvalue weighted by atomic mass is 9.90. The lowest BCUT2D eigenvalue weighted by Gasteiger charge is -2.37. The third-order valence-electron chi connectivity index (χ3n) is 3.73. The molecule has 1 heterocycles. The lowest BCUT2D eigenvalue weighted by Crippen LogP contribution is -2.49. The van der Waals surface area contributed by atoms with Crippen molar-refractivity contribution in [2.24, 2.45) is 5.92 Å². The molecule has 1 amide bonds. The van der Waals surface area contributed by atoms with Gasteiger partial charge in [0, 0.05) is 17.1 Å². The van der Waals surface area contributed by atoms with Gasteiger partial charge in [-0.15, -0.1) is 0 Å². The van der Waals surface area contributed by atoms with Gasteiger partial charge in [-0.05, 0) is 38.0 Å². The van der Waals surface area contributed by atoms with E-state index in [9.17, 15) is 14.0 Å². The van der Waals surface area contributed by atoms with E-state index in [0.717, 1.165) is 0 Å². The first-order chi connectivity index (χ1) is 9.41. The SMILES string of the molecule is C[C@@H]1[C@H](C(=O)O)CCCN1C(=O)c1ccc(Br)cc1F. The van der Waals surface area contributed by atoms with Crippen molar-refractivity contribution in [2.75, 3.05) is 6.54 Å². The van der Waals surface area contributed by atoms with E-state index in [2.05, 4.69) is 15.9 Å². The molecule has 0 aromatic heterocycles. The molecule has 4 nitrogen and oxygen atoms in total. The first-order valence-electron chi connectivity index (χ1n) is 6.40. The van der Waals surface area contributed by atoms with Crippen LogP contribution in [-0.2, 0) is 4.79 Å². The van der Waals surface area contributed by atoms with Crippen molar-refractivity contribution in [3.05, 3.63) is 34.1 Å². The van der Waals surface area contributed by atoms with E-state index in [0.29, 0.717) is 23.9 Å². The highest BCUT2D eigenvalue weighted by Crippen LogP contribution is 2.26. The number of carbonyl (C=O) groups is 2. The molecule has 0 spiro atoms. The molecule has 1 aliphatic rings. The third kappa shape index (κ3) is 2.85. The molecule has 1 fully saturated rings. The maximum Gasteiger partial charge on any atom is 0.308 e. The highest BCUT2D eigenvalue weighted by Gasteiger charge is 2.36. The molecule has 0 radical (unpaired) electrons. The smallest absolute Gasteiger partial charge is 0.308 e. The van der Waals surface area contributed by atoms with Gasteiger partial charge in [-0.1, -0.05) is 15.9 Å².